The largest absolute Gasteiger partial charge is 0.342 e. The van der Waals surface area contributed by atoms with Crippen molar-refractivity contribution in [3.05, 3.63) is 66.0 Å². The topological polar surface area (TPSA) is 72.1 Å². The van der Waals surface area contributed by atoms with E-state index >= 15 is 0 Å². The average molecular weight is 380 g/mol. The van der Waals surface area contributed by atoms with Gasteiger partial charge in [-0.1, -0.05) is 17.3 Å². The third kappa shape index (κ3) is 4.42. The Morgan fingerprint density at radius 1 is 1.29 bits per heavy atom. The van der Waals surface area contributed by atoms with E-state index in [1.54, 1.807) is 24.5 Å². The molecule has 0 saturated carbocycles. The van der Waals surface area contributed by atoms with Crippen molar-refractivity contribution in [2.45, 2.75) is 25.7 Å². The summed E-state index contributed by atoms with van der Waals surface area (Å²) >= 11 is 0. The Balaban J connectivity index is 1.27. The monoisotopic (exact) mass is 380 g/mol. The molecule has 1 aromatic carbocycles. The SMILES string of the molecule is O=C(Cc1cccc(F)c1)N1CCC(CCc2noc(-c3cccnc3)n2)C1. The van der Waals surface area contributed by atoms with Crippen LogP contribution in [0.2, 0.25) is 0 Å². The summed E-state index contributed by atoms with van der Waals surface area (Å²) in [5.41, 5.74) is 1.51. The van der Waals surface area contributed by atoms with Gasteiger partial charge in [-0.3, -0.25) is 9.78 Å². The van der Waals surface area contributed by atoms with Gasteiger partial charge in [0.25, 0.3) is 5.89 Å². The zero-order valence-corrected chi connectivity index (χ0v) is 15.4. The smallest absolute Gasteiger partial charge is 0.259 e. The second-order valence-electron chi connectivity index (χ2n) is 7.10. The lowest BCUT2D eigenvalue weighted by Gasteiger charge is -2.16. The Hall–Kier alpha value is -3.09. The molecule has 0 bridgehead atoms. The first kappa shape index (κ1) is 18.3. The Morgan fingerprint density at radius 2 is 2.21 bits per heavy atom. The molecule has 0 radical (unpaired) electrons. The lowest BCUT2D eigenvalue weighted by molar-refractivity contribution is -0.129. The maximum atomic E-state index is 13.3. The van der Waals surface area contributed by atoms with E-state index in [9.17, 15) is 9.18 Å². The lowest BCUT2D eigenvalue weighted by atomic mass is 10.0. The molecule has 0 N–H and O–H groups in total. The number of halogens is 1. The van der Waals surface area contributed by atoms with Crippen LogP contribution in [0.25, 0.3) is 11.5 Å². The molecule has 3 heterocycles. The maximum Gasteiger partial charge on any atom is 0.259 e. The molecule has 2 aromatic heterocycles. The molecule has 1 amide bonds. The summed E-state index contributed by atoms with van der Waals surface area (Å²) in [6.07, 6.45) is 6.20. The normalized spacial score (nSPS) is 16.5. The summed E-state index contributed by atoms with van der Waals surface area (Å²) in [6.45, 7) is 1.47. The minimum absolute atomic E-state index is 0.0477. The van der Waals surface area contributed by atoms with Gasteiger partial charge in [0.15, 0.2) is 5.82 Å². The molecule has 1 saturated heterocycles. The van der Waals surface area contributed by atoms with Gasteiger partial charge in [0.05, 0.1) is 12.0 Å². The molecule has 144 valence electrons. The molecular formula is C21H21FN4O2. The zero-order valence-electron chi connectivity index (χ0n) is 15.4. The van der Waals surface area contributed by atoms with Gasteiger partial charge >= 0.3 is 0 Å². The Bertz CT molecular complexity index is 944. The van der Waals surface area contributed by atoms with Crippen molar-refractivity contribution >= 4 is 5.91 Å². The van der Waals surface area contributed by atoms with E-state index in [0.29, 0.717) is 29.6 Å². The minimum Gasteiger partial charge on any atom is -0.342 e. The summed E-state index contributed by atoms with van der Waals surface area (Å²) in [6, 6.07) is 9.93. The summed E-state index contributed by atoms with van der Waals surface area (Å²) in [5, 5.41) is 4.04. The van der Waals surface area contributed by atoms with Gasteiger partial charge in [-0.05, 0) is 48.6 Å². The predicted molar refractivity (Wildman–Crippen MR) is 101 cm³/mol. The first-order valence-electron chi connectivity index (χ1n) is 9.42. The number of rotatable bonds is 6. The Kier molecular flexibility index (Phi) is 5.41. The van der Waals surface area contributed by atoms with Crippen molar-refractivity contribution < 1.29 is 13.7 Å². The van der Waals surface area contributed by atoms with Gasteiger partial charge in [0.2, 0.25) is 5.91 Å². The number of hydrogen-bond acceptors (Lipinski definition) is 5. The molecule has 1 aliphatic rings. The maximum absolute atomic E-state index is 13.3. The molecule has 1 fully saturated rings. The molecule has 4 rings (SSSR count). The highest BCUT2D eigenvalue weighted by Crippen LogP contribution is 2.23. The molecule has 3 aromatic rings. The summed E-state index contributed by atoms with van der Waals surface area (Å²) in [4.78, 5) is 22.8. The molecule has 1 unspecified atom stereocenters. The van der Waals surface area contributed by atoms with E-state index in [1.807, 2.05) is 17.0 Å². The van der Waals surface area contributed by atoms with Crippen LogP contribution in [0.3, 0.4) is 0 Å². The van der Waals surface area contributed by atoms with Crippen molar-refractivity contribution in [3.8, 4) is 11.5 Å². The van der Waals surface area contributed by atoms with Gasteiger partial charge in [-0.25, -0.2) is 4.39 Å². The van der Waals surface area contributed by atoms with Crippen LogP contribution in [0.5, 0.6) is 0 Å². The highest BCUT2D eigenvalue weighted by molar-refractivity contribution is 5.79. The van der Waals surface area contributed by atoms with Gasteiger partial charge in [0.1, 0.15) is 5.82 Å². The first-order valence-corrected chi connectivity index (χ1v) is 9.42. The first-order chi connectivity index (χ1) is 13.7. The Morgan fingerprint density at radius 3 is 3.04 bits per heavy atom. The fraction of sp³-hybridized carbons (Fsp3) is 0.333. The molecule has 0 spiro atoms. The average Bonchev–Trinajstić information content (AvgIpc) is 3.37. The van der Waals surface area contributed by atoms with E-state index in [1.165, 1.54) is 12.1 Å². The van der Waals surface area contributed by atoms with Crippen LogP contribution in [0.15, 0.2) is 53.3 Å². The van der Waals surface area contributed by atoms with Crippen LogP contribution in [0.1, 0.15) is 24.2 Å². The number of likely N-dealkylation sites (tertiary alicyclic amines) is 1. The second-order valence-corrected chi connectivity index (χ2v) is 7.10. The molecule has 7 heteroatoms. The molecule has 1 atom stereocenters. The number of benzene rings is 1. The van der Waals surface area contributed by atoms with Crippen LogP contribution >= 0.6 is 0 Å². The summed E-state index contributed by atoms with van der Waals surface area (Å²) < 4.78 is 18.6. The number of nitrogens with zero attached hydrogens (tertiary/aromatic N) is 4. The number of pyridine rings is 1. The summed E-state index contributed by atoms with van der Waals surface area (Å²) in [5.74, 6) is 1.29. The number of aromatic nitrogens is 3. The molecule has 6 nitrogen and oxygen atoms in total. The fourth-order valence-corrected chi connectivity index (χ4v) is 3.52. The van der Waals surface area contributed by atoms with Crippen molar-refractivity contribution in [2.24, 2.45) is 5.92 Å². The van der Waals surface area contributed by atoms with Crippen LogP contribution in [-0.2, 0) is 17.6 Å². The molecule has 28 heavy (non-hydrogen) atoms. The zero-order chi connectivity index (χ0) is 19.3. The van der Waals surface area contributed by atoms with E-state index in [-0.39, 0.29) is 18.1 Å². The third-order valence-corrected chi connectivity index (χ3v) is 5.04. The fourth-order valence-electron chi connectivity index (χ4n) is 3.52. The molecule has 1 aliphatic heterocycles. The third-order valence-electron chi connectivity index (χ3n) is 5.04. The van der Waals surface area contributed by atoms with Crippen molar-refractivity contribution in [1.29, 1.82) is 0 Å². The van der Waals surface area contributed by atoms with Crippen LogP contribution in [0, 0.1) is 11.7 Å². The van der Waals surface area contributed by atoms with Crippen LogP contribution in [0.4, 0.5) is 4.39 Å². The number of aryl methyl sites for hydroxylation is 1. The van der Waals surface area contributed by atoms with E-state index in [4.69, 9.17) is 4.52 Å². The Labute approximate surface area is 162 Å². The van der Waals surface area contributed by atoms with E-state index in [2.05, 4.69) is 15.1 Å². The number of amides is 1. The van der Waals surface area contributed by atoms with Crippen LogP contribution in [-0.4, -0.2) is 39.0 Å². The van der Waals surface area contributed by atoms with Crippen LogP contribution < -0.4 is 0 Å². The molecule has 0 aliphatic carbocycles. The minimum atomic E-state index is -0.310. The standard InChI is InChI=1S/C21H21FN4O2/c22-18-5-1-3-16(11-18)12-20(27)26-10-8-15(14-26)6-7-19-24-21(28-25-19)17-4-2-9-23-13-17/h1-5,9,11,13,15H,6-8,10,12,14H2. The van der Waals surface area contributed by atoms with E-state index in [0.717, 1.165) is 31.5 Å². The van der Waals surface area contributed by atoms with Crippen molar-refractivity contribution in [3.63, 3.8) is 0 Å². The van der Waals surface area contributed by atoms with Crippen molar-refractivity contribution in [2.75, 3.05) is 13.1 Å². The summed E-state index contributed by atoms with van der Waals surface area (Å²) in [7, 11) is 0. The van der Waals surface area contributed by atoms with Gasteiger partial charge in [-0.2, -0.15) is 4.98 Å². The number of carbonyl (C=O) groups excluding carboxylic acids is 1. The van der Waals surface area contributed by atoms with Gasteiger partial charge in [0, 0.05) is 31.9 Å². The van der Waals surface area contributed by atoms with Crippen molar-refractivity contribution in [1.82, 2.24) is 20.0 Å². The second kappa shape index (κ2) is 8.29. The van der Waals surface area contributed by atoms with E-state index < -0.39 is 0 Å². The lowest BCUT2D eigenvalue weighted by Crippen LogP contribution is -2.30. The van der Waals surface area contributed by atoms with Gasteiger partial charge < -0.3 is 9.42 Å². The quantitative estimate of drug-likeness (QED) is 0.656. The highest BCUT2D eigenvalue weighted by Gasteiger charge is 2.26. The number of hydrogen-bond donors (Lipinski definition) is 0. The number of carbonyl (C=O) groups is 1. The molecular weight excluding hydrogens is 359 g/mol. The predicted octanol–water partition coefficient (Wildman–Crippen LogP) is 3.29. The van der Waals surface area contributed by atoms with Gasteiger partial charge in [-0.15, -0.1) is 0 Å². The highest BCUT2D eigenvalue weighted by atomic mass is 19.1.